The molecule has 0 unspecified atom stereocenters. The summed E-state index contributed by atoms with van der Waals surface area (Å²) in [7, 11) is -7.41. The number of benzene rings is 2. The van der Waals surface area contributed by atoms with E-state index >= 15 is 0 Å². The molecule has 1 amide bonds. The van der Waals surface area contributed by atoms with E-state index in [0.29, 0.717) is 26.2 Å². The predicted octanol–water partition coefficient (Wildman–Crippen LogP) is 2.17. The highest BCUT2D eigenvalue weighted by atomic mass is 32.2. The van der Waals surface area contributed by atoms with Gasteiger partial charge in [-0.05, 0) is 49.5 Å². The molecule has 2 aromatic carbocycles. The summed E-state index contributed by atoms with van der Waals surface area (Å²) in [5.41, 5.74) is -5.37. The molecule has 0 aromatic heterocycles. The molecule has 0 saturated carbocycles. The van der Waals surface area contributed by atoms with Crippen LogP contribution in [0, 0.1) is 0 Å². The second kappa shape index (κ2) is 8.81. The smallest absolute Gasteiger partial charge is 0.322 e. The number of sulfonamides is 1. The third-order valence-corrected chi connectivity index (χ3v) is 8.32. The van der Waals surface area contributed by atoms with Crippen LogP contribution in [-0.4, -0.2) is 70.7 Å². The summed E-state index contributed by atoms with van der Waals surface area (Å²) in [6, 6.07) is 8.88. The first kappa shape index (κ1) is 24.2. The van der Waals surface area contributed by atoms with Crippen molar-refractivity contribution in [2.24, 2.45) is 0 Å². The minimum absolute atomic E-state index is 0.0205. The molecule has 0 aliphatic carbocycles. The zero-order valence-corrected chi connectivity index (χ0v) is 18.5. The summed E-state index contributed by atoms with van der Waals surface area (Å²) >= 11 is 0. The van der Waals surface area contributed by atoms with E-state index < -0.39 is 36.2 Å². The largest absolute Gasteiger partial charge is 0.501 e. The van der Waals surface area contributed by atoms with E-state index in [1.807, 2.05) is 11.9 Å². The van der Waals surface area contributed by atoms with Crippen molar-refractivity contribution >= 4 is 31.5 Å². The van der Waals surface area contributed by atoms with E-state index in [0.717, 1.165) is 24.3 Å². The zero-order chi connectivity index (χ0) is 23.7. The number of amides is 1. The lowest BCUT2D eigenvalue weighted by atomic mass is 10.2. The van der Waals surface area contributed by atoms with E-state index in [9.17, 15) is 34.8 Å². The number of carbonyl (C=O) groups is 1. The van der Waals surface area contributed by atoms with Crippen molar-refractivity contribution < 1.29 is 34.8 Å². The Bertz CT molecular complexity index is 1210. The van der Waals surface area contributed by atoms with Gasteiger partial charge in [-0.25, -0.2) is 16.8 Å². The van der Waals surface area contributed by atoms with Gasteiger partial charge < -0.3 is 10.2 Å². The van der Waals surface area contributed by atoms with E-state index in [4.69, 9.17) is 0 Å². The fourth-order valence-corrected chi connectivity index (χ4v) is 5.26. The molecule has 1 fully saturated rings. The van der Waals surface area contributed by atoms with Crippen LogP contribution in [0.5, 0.6) is 0 Å². The molecule has 0 radical (unpaired) electrons. The first-order chi connectivity index (χ1) is 14.8. The maximum atomic E-state index is 12.9. The van der Waals surface area contributed by atoms with E-state index in [1.54, 1.807) is 0 Å². The first-order valence-corrected chi connectivity index (χ1v) is 12.3. The first-order valence-electron chi connectivity index (χ1n) is 9.34. The van der Waals surface area contributed by atoms with Crippen molar-refractivity contribution in [2.75, 3.05) is 38.5 Å². The quantitative estimate of drug-likeness (QED) is 0.688. The van der Waals surface area contributed by atoms with Crippen LogP contribution in [0.3, 0.4) is 0 Å². The summed E-state index contributed by atoms with van der Waals surface area (Å²) in [4.78, 5) is 13.5. The van der Waals surface area contributed by atoms with E-state index in [2.05, 4.69) is 5.32 Å². The number of anilines is 1. The molecular formula is C19H20F3N3O5S2. The average Bonchev–Trinajstić information content (AvgIpc) is 2.74. The lowest BCUT2D eigenvalue weighted by Crippen LogP contribution is -2.47. The molecule has 1 aliphatic heterocycles. The Hall–Kier alpha value is -2.48. The third-order valence-electron chi connectivity index (χ3n) is 4.92. The predicted molar refractivity (Wildman–Crippen MR) is 110 cm³/mol. The van der Waals surface area contributed by atoms with Crippen LogP contribution in [0.1, 0.15) is 10.4 Å². The molecule has 8 nitrogen and oxygen atoms in total. The lowest BCUT2D eigenvalue weighted by Gasteiger charge is -2.31. The van der Waals surface area contributed by atoms with Crippen molar-refractivity contribution in [1.82, 2.24) is 9.21 Å². The Labute approximate surface area is 183 Å². The van der Waals surface area contributed by atoms with Crippen LogP contribution in [0.2, 0.25) is 0 Å². The molecule has 1 heterocycles. The second-order valence-corrected chi connectivity index (χ2v) is 11.0. The van der Waals surface area contributed by atoms with Crippen LogP contribution < -0.4 is 5.32 Å². The second-order valence-electron chi connectivity index (χ2n) is 7.16. The molecule has 174 valence electrons. The summed E-state index contributed by atoms with van der Waals surface area (Å²) in [5, 5.41) is 2.41. The van der Waals surface area contributed by atoms with Crippen LogP contribution in [-0.2, 0) is 19.9 Å². The average molecular weight is 492 g/mol. The summed E-state index contributed by atoms with van der Waals surface area (Å²) in [5.74, 6) is -0.702. The van der Waals surface area contributed by atoms with Gasteiger partial charge in [0.15, 0.2) is 0 Å². The van der Waals surface area contributed by atoms with Gasteiger partial charge in [0.2, 0.25) is 10.0 Å². The molecule has 0 bridgehead atoms. The van der Waals surface area contributed by atoms with Gasteiger partial charge in [0.1, 0.15) is 0 Å². The third kappa shape index (κ3) is 4.95. The molecule has 0 spiro atoms. The Morgan fingerprint density at radius 1 is 0.906 bits per heavy atom. The topological polar surface area (TPSA) is 104 Å². The number of rotatable bonds is 5. The van der Waals surface area contributed by atoms with Crippen molar-refractivity contribution in [3.05, 3.63) is 54.1 Å². The molecule has 0 atom stereocenters. The van der Waals surface area contributed by atoms with Crippen LogP contribution in [0.15, 0.2) is 58.3 Å². The van der Waals surface area contributed by atoms with Crippen molar-refractivity contribution in [3.63, 3.8) is 0 Å². The van der Waals surface area contributed by atoms with Gasteiger partial charge in [0.25, 0.3) is 15.7 Å². The van der Waals surface area contributed by atoms with Crippen LogP contribution in [0.25, 0.3) is 0 Å². The zero-order valence-electron chi connectivity index (χ0n) is 16.8. The van der Waals surface area contributed by atoms with Crippen molar-refractivity contribution in [3.8, 4) is 0 Å². The number of hydrogen-bond acceptors (Lipinski definition) is 6. The molecule has 1 N–H and O–H groups in total. The highest BCUT2D eigenvalue weighted by Gasteiger charge is 2.46. The monoisotopic (exact) mass is 491 g/mol. The van der Waals surface area contributed by atoms with E-state index in [-0.39, 0.29) is 16.1 Å². The highest BCUT2D eigenvalue weighted by molar-refractivity contribution is 7.92. The number of carbonyl (C=O) groups excluding carboxylic acids is 1. The summed E-state index contributed by atoms with van der Waals surface area (Å²) < 4.78 is 87.8. The molecular weight excluding hydrogens is 471 g/mol. The van der Waals surface area contributed by atoms with Gasteiger partial charge in [0, 0.05) is 37.4 Å². The van der Waals surface area contributed by atoms with Crippen molar-refractivity contribution in [2.45, 2.75) is 15.3 Å². The van der Waals surface area contributed by atoms with Gasteiger partial charge in [-0.1, -0.05) is 6.07 Å². The summed E-state index contributed by atoms with van der Waals surface area (Å²) in [6.07, 6.45) is 0. The number of sulfone groups is 1. The number of likely N-dealkylation sites (N-methyl/N-ethyl adjacent to an activating group) is 1. The van der Waals surface area contributed by atoms with Gasteiger partial charge in [0.05, 0.1) is 9.79 Å². The molecule has 2 aromatic rings. The molecule has 3 rings (SSSR count). The van der Waals surface area contributed by atoms with Gasteiger partial charge in [-0.3, -0.25) is 4.79 Å². The number of nitrogens with zero attached hydrogens (tertiary/aromatic N) is 2. The maximum Gasteiger partial charge on any atom is 0.501 e. The lowest BCUT2D eigenvalue weighted by molar-refractivity contribution is -0.0436. The minimum atomic E-state index is -5.50. The van der Waals surface area contributed by atoms with Gasteiger partial charge in [-0.15, -0.1) is 0 Å². The van der Waals surface area contributed by atoms with Gasteiger partial charge in [-0.2, -0.15) is 17.5 Å². The molecule has 13 heteroatoms. The normalized spacial score (nSPS) is 16.6. The number of hydrogen-bond donors (Lipinski definition) is 1. The summed E-state index contributed by atoms with van der Waals surface area (Å²) in [6.45, 7) is 1.81. The fraction of sp³-hybridized carbons (Fsp3) is 0.316. The fourth-order valence-electron chi connectivity index (χ4n) is 3.03. The highest BCUT2D eigenvalue weighted by Crippen LogP contribution is 2.30. The van der Waals surface area contributed by atoms with E-state index in [1.165, 1.54) is 28.6 Å². The standard InChI is InChI=1S/C19H20F3N3O5S2/c1-24-9-11-25(12-10-24)32(29,30)17-4-2-3-14(13-17)18(26)23-15-5-7-16(8-6-15)31(27,28)19(20,21)22/h2-8,13H,9-12H2,1H3,(H,23,26). The molecule has 1 saturated heterocycles. The SMILES string of the molecule is CN1CCN(S(=O)(=O)c2cccc(C(=O)Nc3ccc(S(=O)(=O)C(F)(F)F)cc3)c2)CC1. The Morgan fingerprint density at radius 3 is 2.06 bits per heavy atom. The van der Waals surface area contributed by atoms with Crippen LogP contribution in [0.4, 0.5) is 18.9 Å². The Kier molecular flexibility index (Phi) is 6.65. The number of halogens is 3. The Morgan fingerprint density at radius 2 is 1.50 bits per heavy atom. The molecule has 32 heavy (non-hydrogen) atoms. The number of alkyl halides is 3. The van der Waals surface area contributed by atoms with Crippen LogP contribution >= 0.6 is 0 Å². The Balaban J connectivity index is 1.77. The van der Waals surface area contributed by atoms with Gasteiger partial charge >= 0.3 is 5.51 Å². The maximum absolute atomic E-state index is 12.9. The minimum Gasteiger partial charge on any atom is -0.322 e. The number of nitrogens with one attached hydrogen (secondary N) is 1. The molecule has 1 aliphatic rings. The van der Waals surface area contributed by atoms with Crippen molar-refractivity contribution in [1.29, 1.82) is 0 Å². The number of piperazine rings is 1.